The zero-order valence-electron chi connectivity index (χ0n) is 8.44. The van der Waals surface area contributed by atoms with Crippen molar-refractivity contribution in [3.8, 4) is 0 Å². The summed E-state index contributed by atoms with van der Waals surface area (Å²) in [4.78, 5) is 11.2. The van der Waals surface area contributed by atoms with Gasteiger partial charge in [0.15, 0.2) is 5.78 Å². The fourth-order valence-corrected chi connectivity index (χ4v) is 2.01. The molecule has 1 aliphatic heterocycles. The molecule has 1 aliphatic rings. The topological polar surface area (TPSA) is 55.7 Å². The summed E-state index contributed by atoms with van der Waals surface area (Å²) >= 11 is 0. The van der Waals surface area contributed by atoms with E-state index in [2.05, 4.69) is 4.40 Å². The third kappa shape index (κ3) is 2.45. The number of hydrogen-bond donors (Lipinski definition) is 0. The second-order valence-electron chi connectivity index (χ2n) is 2.98. The highest BCUT2D eigenvalue weighted by molar-refractivity contribution is 7.99. The Balaban J connectivity index is 3.23. The number of Topliss-reactive ketones (excluding diaryl/α,β-unsaturated/α-hetero) is 1. The lowest BCUT2D eigenvalue weighted by Crippen LogP contribution is -2.15. The molecule has 1 atom stereocenters. The van der Waals surface area contributed by atoms with Crippen LogP contribution in [0.4, 0.5) is 0 Å². The van der Waals surface area contributed by atoms with E-state index < -0.39 is 9.71 Å². The molecule has 0 radical (unpaired) electrons. The Hall–Kier alpha value is -1.10. The number of ether oxygens (including phenoxy) is 1. The van der Waals surface area contributed by atoms with Gasteiger partial charge in [-0.15, -0.1) is 0 Å². The summed E-state index contributed by atoms with van der Waals surface area (Å²) in [6, 6.07) is 0. The first-order chi connectivity index (χ1) is 6.46. The lowest BCUT2D eigenvalue weighted by Gasteiger charge is -2.12. The molecule has 0 bridgehead atoms. The Kier molecular flexibility index (Phi) is 3.10. The van der Waals surface area contributed by atoms with Gasteiger partial charge in [-0.2, -0.15) is 0 Å². The van der Waals surface area contributed by atoms with Crippen molar-refractivity contribution in [3.05, 3.63) is 11.3 Å². The minimum absolute atomic E-state index is 0.136. The molecule has 0 aromatic carbocycles. The molecule has 0 N–H and O–H groups in total. The molecule has 4 nitrogen and oxygen atoms in total. The zero-order valence-corrected chi connectivity index (χ0v) is 9.26. The average Bonchev–Trinajstić information content (AvgIpc) is 2.02. The van der Waals surface area contributed by atoms with Gasteiger partial charge in [-0.05, 0) is 13.8 Å². The second-order valence-corrected chi connectivity index (χ2v) is 5.15. The lowest BCUT2D eigenvalue weighted by atomic mass is 10.2. The Bertz CT molecular complexity index is 425. The Morgan fingerprint density at radius 1 is 1.64 bits per heavy atom. The average molecular weight is 215 g/mol. The van der Waals surface area contributed by atoms with Crippen LogP contribution in [0, 0.1) is 0 Å². The molecule has 0 spiro atoms. The number of hydrogen-bond acceptors (Lipinski definition) is 3. The van der Waals surface area contributed by atoms with Crippen LogP contribution in [-0.4, -0.2) is 34.4 Å². The minimum Gasteiger partial charge on any atom is -0.492 e. The molecule has 0 amide bonds. The van der Waals surface area contributed by atoms with Gasteiger partial charge in [0.25, 0.3) is 0 Å². The van der Waals surface area contributed by atoms with Gasteiger partial charge < -0.3 is 4.74 Å². The maximum atomic E-state index is 11.6. The van der Waals surface area contributed by atoms with Crippen LogP contribution in [-0.2, 0) is 19.2 Å². The van der Waals surface area contributed by atoms with E-state index >= 15 is 0 Å². The first-order valence-corrected chi connectivity index (χ1v) is 6.22. The van der Waals surface area contributed by atoms with Crippen molar-refractivity contribution < 1.29 is 13.7 Å². The van der Waals surface area contributed by atoms with E-state index in [0.29, 0.717) is 17.9 Å². The molecule has 0 aromatic heterocycles. The molecule has 1 heterocycles. The molecule has 1 unspecified atom stereocenters. The second kappa shape index (κ2) is 3.96. The van der Waals surface area contributed by atoms with E-state index in [0.717, 1.165) is 0 Å². The molecule has 0 fully saturated rings. The fraction of sp³-hybridized carbons (Fsp3) is 0.444. The van der Waals surface area contributed by atoms with Crippen molar-refractivity contribution in [2.75, 3.05) is 12.9 Å². The molecule has 0 aromatic rings. The molecule has 0 saturated heterocycles. The van der Waals surface area contributed by atoms with Gasteiger partial charge in [0.05, 0.1) is 33.5 Å². The van der Waals surface area contributed by atoms with Crippen LogP contribution in [0.15, 0.2) is 15.7 Å². The highest BCUT2D eigenvalue weighted by Gasteiger charge is 2.15. The van der Waals surface area contributed by atoms with Crippen molar-refractivity contribution in [1.29, 1.82) is 0 Å². The summed E-state index contributed by atoms with van der Waals surface area (Å²) < 4.78 is 20.6. The summed E-state index contributed by atoms with van der Waals surface area (Å²) in [6.45, 7) is 3.67. The predicted octanol–water partition coefficient (Wildman–Crippen LogP) is 0.582. The summed E-state index contributed by atoms with van der Waals surface area (Å²) in [6.07, 6.45) is 2.83. The van der Waals surface area contributed by atoms with Crippen LogP contribution in [0.25, 0.3) is 0 Å². The van der Waals surface area contributed by atoms with Crippen molar-refractivity contribution in [1.82, 2.24) is 0 Å². The number of ketones is 1. The molecule has 5 heteroatoms. The quantitative estimate of drug-likeness (QED) is 0.647. The standard InChI is InChI=1S/C9H13NO3S/c1-4-13-9-6-14(3,12)10-5-8(9)7(2)11/h5-6H,4H2,1-3H3. The summed E-state index contributed by atoms with van der Waals surface area (Å²) in [7, 11) is -2.36. The monoisotopic (exact) mass is 215 g/mol. The largest absolute Gasteiger partial charge is 0.492 e. The molecule has 78 valence electrons. The highest BCUT2D eigenvalue weighted by atomic mass is 32.2. The summed E-state index contributed by atoms with van der Waals surface area (Å²) in [5, 5.41) is 1.41. The van der Waals surface area contributed by atoms with E-state index in [1.54, 1.807) is 0 Å². The Morgan fingerprint density at radius 3 is 2.79 bits per heavy atom. The third-order valence-electron chi connectivity index (χ3n) is 1.66. The number of rotatable bonds is 3. The highest BCUT2D eigenvalue weighted by Crippen LogP contribution is 2.10. The maximum absolute atomic E-state index is 11.6. The van der Waals surface area contributed by atoms with Crippen molar-refractivity contribution in [2.24, 2.45) is 4.40 Å². The van der Waals surface area contributed by atoms with E-state index in [-0.39, 0.29) is 5.78 Å². The fourth-order valence-electron chi connectivity index (χ4n) is 1.05. The Labute approximate surface area is 83.8 Å². The summed E-state index contributed by atoms with van der Waals surface area (Å²) in [5.74, 6) is 0.242. The summed E-state index contributed by atoms with van der Waals surface area (Å²) in [5.41, 5.74) is 0.382. The van der Waals surface area contributed by atoms with Crippen LogP contribution in [0.2, 0.25) is 0 Å². The van der Waals surface area contributed by atoms with Gasteiger partial charge in [-0.3, -0.25) is 4.79 Å². The molecule has 1 rings (SSSR count). The third-order valence-corrected chi connectivity index (χ3v) is 2.84. The van der Waals surface area contributed by atoms with E-state index in [1.807, 2.05) is 6.92 Å². The van der Waals surface area contributed by atoms with Crippen molar-refractivity contribution in [2.45, 2.75) is 13.8 Å². The van der Waals surface area contributed by atoms with Gasteiger partial charge in [-0.25, -0.2) is 8.61 Å². The lowest BCUT2D eigenvalue weighted by molar-refractivity contribution is -0.113. The van der Waals surface area contributed by atoms with Crippen LogP contribution >= 0.6 is 0 Å². The van der Waals surface area contributed by atoms with Crippen LogP contribution in [0.3, 0.4) is 0 Å². The van der Waals surface area contributed by atoms with Crippen LogP contribution < -0.4 is 0 Å². The maximum Gasteiger partial charge on any atom is 0.165 e. The minimum atomic E-state index is -2.36. The molecule has 14 heavy (non-hydrogen) atoms. The van der Waals surface area contributed by atoms with Crippen LogP contribution in [0.5, 0.6) is 0 Å². The molecule has 0 aliphatic carbocycles. The van der Waals surface area contributed by atoms with Crippen LogP contribution in [0.1, 0.15) is 13.8 Å². The number of allylic oxidation sites excluding steroid dienone is 2. The van der Waals surface area contributed by atoms with Gasteiger partial charge in [0.2, 0.25) is 0 Å². The van der Waals surface area contributed by atoms with Gasteiger partial charge in [-0.1, -0.05) is 0 Å². The zero-order chi connectivity index (χ0) is 10.8. The number of carbonyl (C=O) groups excluding carboxylic acids is 1. The predicted molar refractivity (Wildman–Crippen MR) is 58.0 cm³/mol. The number of carbonyl (C=O) groups is 1. The van der Waals surface area contributed by atoms with Crippen molar-refractivity contribution in [3.63, 3.8) is 0 Å². The molecular weight excluding hydrogens is 202 g/mol. The van der Waals surface area contributed by atoms with Gasteiger partial charge >= 0.3 is 0 Å². The normalized spacial score (nSPS) is 25.9. The Morgan fingerprint density at radius 2 is 2.29 bits per heavy atom. The first-order valence-electron chi connectivity index (χ1n) is 4.23. The molecular formula is C9H13NO3S. The SMILES string of the molecule is CCOC1=C(C(C)=O)C=NS(C)(=O)=C1. The number of nitrogens with zero attached hydrogens (tertiary/aromatic N) is 1. The van der Waals surface area contributed by atoms with E-state index in [9.17, 15) is 9.00 Å². The smallest absolute Gasteiger partial charge is 0.165 e. The van der Waals surface area contributed by atoms with Crippen molar-refractivity contribution >= 4 is 27.1 Å². The molecule has 0 saturated carbocycles. The first kappa shape index (κ1) is 11.0. The van der Waals surface area contributed by atoms with E-state index in [1.165, 1.54) is 24.8 Å². The van der Waals surface area contributed by atoms with Gasteiger partial charge in [0.1, 0.15) is 5.76 Å². The van der Waals surface area contributed by atoms with Gasteiger partial charge in [0, 0.05) is 6.26 Å². The van der Waals surface area contributed by atoms with E-state index in [4.69, 9.17) is 4.74 Å².